The first kappa shape index (κ1) is 7.03. The van der Waals surface area contributed by atoms with Crippen molar-refractivity contribution in [3.8, 4) is 0 Å². The Hall–Kier alpha value is -0.0800. The van der Waals surface area contributed by atoms with Crippen LogP contribution in [0.25, 0.3) is 0 Å². The van der Waals surface area contributed by atoms with Crippen molar-refractivity contribution in [3.63, 3.8) is 0 Å². The van der Waals surface area contributed by atoms with E-state index in [1.54, 1.807) is 0 Å². The van der Waals surface area contributed by atoms with Gasteiger partial charge in [0.05, 0.1) is 0 Å². The lowest BCUT2D eigenvalue weighted by atomic mass is 10.0. The maximum Gasteiger partial charge on any atom is 0.0105 e. The van der Waals surface area contributed by atoms with Crippen molar-refractivity contribution in [2.75, 3.05) is 13.1 Å². The van der Waals surface area contributed by atoms with E-state index in [0.29, 0.717) is 12.0 Å². The van der Waals surface area contributed by atoms with Crippen molar-refractivity contribution >= 4 is 0 Å². The predicted octanol–water partition coefficient (Wildman–Crippen LogP) is 0.333. The van der Waals surface area contributed by atoms with Gasteiger partial charge in [0, 0.05) is 6.04 Å². The highest BCUT2D eigenvalue weighted by molar-refractivity contribution is 4.79. The molecule has 2 heteroatoms. The summed E-state index contributed by atoms with van der Waals surface area (Å²) in [5.41, 5.74) is 5.51. The molecular formula is C7H16N2. The van der Waals surface area contributed by atoms with Crippen molar-refractivity contribution in [3.05, 3.63) is 0 Å². The van der Waals surface area contributed by atoms with Gasteiger partial charge in [-0.3, -0.25) is 0 Å². The molecule has 2 atom stereocenters. The Labute approximate surface area is 56.8 Å². The molecule has 2 unspecified atom stereocenters. The van der Waals surface area contributed by atoms with Crippen molar-refractivity contribution in [2.24, 2.45) is 11.7 Å². The van der Waals surface area contributed by atoms with Crippen LogP contribution < -0.4 is 11.1 Å². The smallest absolute Gasteiger partial charge is 0.0105 e. The van der Waals surface area contributed by atoms with Crippen molar-refractivity contribution in [1.29, 1.82) is 0 Å². The lowest BCUT2D eigenvalue weighted by molar-refractivity contribution is 0.428. The van der Waals surface area contributed by atoms with Crippen LogP contribution in [0.3, 0.4) is 0 Å². The van der Waals surface area contributed by atoms with Gasteiger partial charge in [0.2, 0.25) is 0 Å². The molecule has 0 saturated carbocycles. The highest BCUT2D eigenvalue weighted by Gasteiger charge is 2.18. The molecule has 0 amide bonds. The maximum atomic E-state index is 5.51. The second kappa shape index (κ2) is 3.18. The summed E-state index contributed by atoms with van der Waals surface area (Å²) in [6, 6.07) is 0.704. The molecule has 9 heavy (non-hydrogen) atoms. The van der Waals surface area contributed by atoms with Crippen LogP contribution in [0, 0.1) is 5.92 Å². The van der Waals surface area contributed by atoms with Crippen LogP contribution in [0.4, 0.5) is 0 Å². The minimum absolute atomic E-state index is 0.660. The second-order valence-electron chi connectivity index (χ2n) is 2.92. The molecule has 0 aromatic carbocycles. The maximum absolute atomic E-state index is 5.51. The topological polar surface area (TPSA) is 38.0 Å². The molecule has 0 bridgehead atoms. The molecule has 3 N–H and O–H groups in total. The SMILES string of the molecule is CC(CN)C1CCCN1. The fourth-order valence-electron chi connectivity index (χ4n) is 1.36. The van der Waals surface area contributed by atoms with Gasteiger partial charge in [0.25, 0.3) is 0 Å². The molecule has 1 aliphatic rings. The van der Waals surface area contributed by atoms with E-state index in [1.807, 2.05) is 0 Å². The average molecular weight is 128 g/mol. The number of nitrogens with one attached hydrogen (secondary N) is 1. The van der Waals surface area contributed by atoms with E-state index in [2.05, 4.69) is 12.2 Å². The van der Waals surface area contributed by atoms with Crippen LogP contribution in [0.15, 0.2) is 0 Å². The van der Waals surface area contributed by atoms with Crippen LogP contribution in [-0.2, 0) is 0 Å². The largest absolute Gasteiger partial charge is 0.330 e. The van der Waals surface area contributed by atoms with Gasteiger partial charge in [-0.2, -0.15) is 0 Å². The standard InChI is InChI=1S/C7H16N2/c1-6(5-8)7-3-2-4-9-7/h6-7,9H,2-5,8H2,1H3. The van der Waals surface area contributed by atoms with Crippen LogP contribution in [0.5, 0.6) is 0 Å². The van der Waals surface area contributed by atoms with E-state index in [9.17, 15) is 0 Å². The van der Waals surface area contributed by atoms with Crippen LogP contribution in [0.1, 0.15) is 19.8 Å². The number of nitrogens with two attached hydrogens (primary N) is 1. The lowest BCUT2D eigenvalue weighted by Gasteiger charge is -2.16. The first-order chi connectivity index (χ1) is 4.34. The molecule has 2 nitrogen and oxygen atoms in total. The van der Waals surface area contributed by atoms with Crippen molar-refractivity contribution < 1.29 is 0 Å². The zero-order chi connectivity index (χ0) is 6.69. The van der Waals surface area contributed by atoms with E-state index in [1.165, 1.54) is 19.4 Å². The summed E-state index contributed by atoms with van der Waals surface area (Å²) in [4.78, 5) is 0. The predicted molar refractivity (Wildman–Crippen MR) is 39.2 cm³/mol. The third kappa shape index (κ3) is 1.66. The normalized spacial score (nSPS) is 30.7. The summed E-state index contributed by atoms with van der Waals surface area (Å²) in [6.45, 7) is 4.22. The number of hydrogen-bond donors (Lipinski definition) is 2. The molecule has 1 fully saturated rings. The molecule has 0 aliphatic carbocycles. The van der Waals surface area contributed by atoms with Gasteiger partial charge >= 0.3 is 0 Å². The quantitative estimate of drug-likeness (QED) is 0.562. The number of rotatable bonds is 2. The summed E-state index contributed by atoms with van der Waals surface area (Å²) in [5, 5.41) is 3.43. The van der Waals surface area contributed by atoms with Crippen molar-refractivity contribution in [1.82, 2.24) is 5.32 Å². The summed E-state index contributed by atoms with van der Waals surface area (Å²) >= 11 is 0. The van der Waals surface area contributed by atoms with Crippen LogP contribution >= 0.6 is 0 Å². The Morgan fingerprint density at radius 2 is 2.56 bits per heavy atom. The number of hydrogen-bond acceptors (Lipinski definition) is 2. The van der Waals surface area contributed by atoms with E-state index in [4.69, 9.17) is 5.73 Å². The Kier molecular flexibility index (Phi) is 2.49. The Bertz CT molecular complexity index is 77.0. The van der Waals surface area contributed by atoms with E-state index >= 15 is 0 Å². The molecule has 0 aromatic heterocycles. The van der Waals surface area contributed by atoms with Gasteiger partial charge in [-0.05, 0) is 31.8 Å². The van der Waals surface area contributed by atoms with Gasteiger partial charge in [-0.1, -0.05) is 6.92 Å². The minimum Gasteiger partial charge on any atom is -0.330 e. The van der Waals surface area contributed by atoms with Crippen LogP contribution in [-0.4, -0.2) is 19.1 Å². The lowest BCUT2D eigenvalue weighted by Crippen LogP contribution is -2.33. The fraction of sp³-hybridized carbons (Fsp3) is 1.00. The summed E-state index contributed by atoms with van der Waals surface area (Å²) < 4.78 is 0. The summed E-state index contributed by atoms with van der Waals surface area (Å²) in [6.07, 6.45) is 2.65. The molecular weight excluding hydrogens is 112 g/mol. The highest BCUT2D eigenvalue weighted by atomic mass is 14.9. The first-order valence-electron chi connectivity index (χ1n) is 3.78. The Balaban J connectivity index is 2.24. The third-order valence-electron chi connectivity index (χ3n) is 2.16. The molecule has 1 saturated heterocycles. The molecule has 54 valence electrons. The summed E-state index contributed by atoms with van der Waals surface area (Å²) in [5.74, 6) is 0.660. The molecule has 0 aromatic rings. The van der Waals surface area contributed by atoms with E-state index in [-0.39, 0.29) is 0 Å². The molecule has 0 radical (unpaired) electrons. The van der Waals surface area contributed by atoms with E-state index < -0.39 is 0 Å². The monoisotopic (exact) mass is 128 g/mol. The van der Waals surface area contributed by atoms with Gasteiger partial charge in [-0.25, -0.2) is 0 Å². The van der Waals surface area contributed by atoms with Crippen molar-refractivity contribution in [2.45, 2.75) is 25.8 Å². The molecule has 1 aliphatic heterocycles. The zero-order valence-corrected chi connectivity index (χ0v) is 6.06. The Morgan fingerprint density at radius 3 is 3.00 bits per heavy atom. The fourth-order valence-corrected chi connectivity index (χ4v) is 1.36. The average Bonchev–Trinajstić information content (AvgIpc) is 2.37. The van der Waals surface area contributed by atoms with Gasteiger partial charge < -0.3 is 11.1 Å². The van der Waals surface area contributed by atoms with Gasteiger partial charge in [-0.15, -0.1) is 0 Å². The highest BCUT2D eigenvalue weighted by Crippen LogP contribution is 2.12. The zero-order valence-electron chi connectivity index (χ0n) is 6.06. The molecule has 1 rings (SSSR count). The third-order valence-corrected chi connectivity index (χ3v) is 2.16. The molecule has 0 spiro atoms. The molecule has 1 heterocycles. The second-order valence-corrected chi connectivity index (χ2v) is 2.92. The van der Waals surface area contributed by atoms with Gasteiger partial charge in [0.15, 0.2) is 0 Å². The van der Waals surface area contributed by atoms with Crippen LogP contribution in [0.2, 0.25) is 0 Å². The Morgan fingerprint density at radius 1 is 1.78 bits per heavy atom. The van der Waals surface area contributed by atoms with Gasteiger partial charge in [0.1, 0.15) is 0 Å². The minimum atomic E-state index is 0.660. The summed E-state index contributed by atoms with van der Waals surface area (Å²) in [7, 11) is 0. The first-order valence-corrected chi connectivity index (χ1v) is 3.78. The van der Waals surface area contributed by atoms with E-state index in [0.717, 1.165) is 6.54 Å².